The second-order valence-electron chi connectivity index (χ2n) is 14.8. The lowest BCUT2D eigenvalue weighted by Crippen LogP contribution is -2.13. The number of benzene rings is 9. The van der Waals surface area contributed by atoms with E-state index in [0.717, 1.165) is 27.5 Å². The Morgan fingerprint density at radius 3 is 1.31 bits per heavy atom. The van der Waals surface area contributed by atoms with Crippen LogP contribution in [0.25, 0.3) is 98.4 Å². The van der Waals surface area contributed by atoms with E-state index < -0.39 is 0 Å². The first kappa shape index (κ1) is 29.7. The smallest absolute Gasteiger partial charge is 0.143 e. The molecule has 51 heavy (non-hydrogen) atoms. The van der Waals surface area contributed by atoms with E-state index in [4.69, 9.17) is 4.42 Å². The zero-order valence-corrected chi connectivity index (χ0v) is 29.0. The Hall–Kier alpha value is -6.18. The van der Waals surface area contributed by atoms with Gasteiger partial charge in [-0.25, -0.2) is 0 Å². The summed E-state index contributed by atoms with van der Waals surface area (Å²) in [6.45, 7) is 6.96. The highest BCUT2D eigenvalue weighted by molar-refractivity contribution is 6.27. The molecule has 0 radical (unpaired) electrons. The van der Waals surface area contributed by atoms with Crippen LogP contribution in [0.5, 0.6) is 0 Å². The summed E-state index contributed by atoms with van der Waals surface area (Å²) < 4.78 is 7.01. The monoisotopic (exact) mass is 652 g/mol. The second-order valence-corrected chi connectivity index (χ2v) is 14.8. The predicted molar refractivity (Wildman–Crippen MR) is 219 cm³/mol. The molecule has 0 fully saturated rings. The molecule has 9 aromatic carbocycles. The Morgan fingerprint density at radius 2 is 0.765 bits per heavy atom. The van der Waals surface area contributed by atoms with Crippen molar-refractivity contribution >= 4 is 65.0 Å². The molecule has 1 nitrogen and oxygen atoms in total. The maximum absolute atomic E-state index is 7.01. The minimum absolute atomic E-state index is 0.0282. The number of fused-ring (bicyclic) bond motifs is 7. The van der Waals surface area contributed by atoms with E-state index >= 15 is 0 Å². The normalized spacial score (nSPS) is 12.2. The fourth-order valence-electron chi connectivity index (χ4n) is 8.81. The van der Waals surface area contributed by atoms with Gasteiger partial charge in [0.25, 0.3) is 0 Å². The zero-order valence-electron chi connectivity index (χ0n) is 29.0. The Balaban J connectivity index is 1.32. The molecule has 0 N–H and O–H groups in total. The Kier molecular flexibility index (Phi) is 6.51. The van der Waals surface area contributed by atoms with Crippen LogP contribution in [0.1, 0.15) is 26.3 Å². The van der Waals surface area contributed by atoms with Crippen LogP contribution in [0.2, 0.25) is 0 Å². The van der Waals surface area contributed by atoms with Crippen molar-refractivity contribution in [3.63, 3.8) is 0 Å². The van der Waals surface area contributed by atoms with Crippen LogP contribution in [0, 0.1) is 0 Å². The highest BCUT2D eigenvalue weighted by Gasteiger charge is 2.26. The fraction of sp³-hybridized carbons (Fsp3) is 0.0800. The molecule has 0 saturated heterocycles. The van der Waals surface area contributed by atoms with Crippen LogP contribution in [0.4, 0.5) is 0 Å². The summed E-state index contributed by atoms with van der Waals surface area (Å²) in [6, 6.07) is 59.6. The predicted octanol–water partition coefficient (Wildman–Crippen LogP) is 14.5. The van der Waals surface area contributed by atoms with E-state index in [1.807, 2.05) is 0 Å². The van der Waals surface area contributed by atoms with Gasteiger partial charge in [0.15, 0.2) is 0 Å². The molecule has 0 aliphatic heterocycles. The molecule has 1 heteroatoms. The first-order valence-corrected chi connectivity index (χ1v) is 17.9. The lowest BCUT2D eigenvalue weighted by Gasteiger charge is -2.26. The Morgan fingerprint density at radius 1 is 0.353 bits per heavy atom. The van der Waals surface area contributed by atoms with Crippen LogP contribution in [0.3, 0.4) is 0 Å². The lowest BCUT2D eigenvalue weighted by molar-refractivity contribution is 0.601. The third-order valence-electron chi connectivity index (χ3n) is 10.7. The van der Waals surface area contributed by atoms with E-state index in [9.17, 15) is 0 Å². The molecule has 10 aromatic rings. The van der Waals surface area contributed by atoms with Crippen LogP contribution < -0.4 is 0 Å². The molecule has 0 unspecified atom stereocenters. The van der Waals surface area contributed by atoms with Crippen molar-refractivity contribution in [3.8, 4) is 33.4 Å². The molecule has 242 valence electrons. The first-order valence-electron chi connectivity index (χ1n) is 17.9. The van der Waals surface area contributed by atoms with Gasteiger partial charge in [-0.3, -0.25) is 0 Å². The maximum atomic E-state index is 7.01. The summed E-state index contributed by atoms with van der Waals surface area (Å²) >= 11 is 0. The summed E-state index contributed by atoms with van der Waals surface area (Å²) in [5.41, 5.74) is 10.5. The van der Waals surface area contributed by atoms with Gasteiger partial charge in [-0.05, 0) is 82.4 Å². The largest absolute Gasteiger partial charge is 0.455 e. The average molecular weight is 653 g/mol. The Labute approximate surface area is 297 Å². The molecule has 0 amide bonds. The fourth-order valence-corrected chi connectivity index (χ4v) is 8.81. The van der Waals surface area contributed by atoms with Crippen molar-refractivity contribution in [1.82, 2.24) is 0 Å². The number of para-hydroxylation sites is 1. The van der Waals surface area contributed by atoms with Crippen molar-refractivity contribution in [3.05, 3.63) is 169 Å². The van der Waals surface area contributed by atoms with Crippen molar-refractivity contribution < 1.29 is 4.42 Å². The van der Waals surface area contributed by atoms with Crippen molar-refractivity contribution in [1.29, 1.82) is 0 Å². The third kappa shape index (κ3) is 4.41. The number of hydrogen-bond acceptors (Lipinski definition) is 1. The molecule has 10 rings (SSSR count). The van der Waals surface area contributed by atoms with Gasteiger partial charge in [-0.15, -0.1) is 0 Å². The van der Waals surface area contributed by atoms with Gasteiger partial charge in [0.1, 0.15) is 11.2 Å². The van der Waals surface area contributed by atoms with E-state index in [0.29, 0.717) is 0 Å². The SMILES string of the molecule is CC(C)(C)c1c2ccccc2c(-c2cccc3c2oc2cccc(-c4c5ccccc5c(-c5ccccc5)c5ccccc45)c23)c2ccccc12. The summed E-state index contributed by atoms with van der Waals surface area (Å²) in [4.78, 5) is 0. The van der Waals surface area contributed by atoms with Crippen molar-refractivity contribution in [2.75, 3.05) is 0 Å². The zero-order chi connectivity index (χ0) is 34.3. The van der Waals surface area contributed by atoms with Gasteiger partial charge in [-0.1, -0.05) is 178 Å². The summed E-state index contributed by atoms with van der Waals surface area (Å²) in [5.74, 6) is 0. The maximum Gasteiger partial charge on any atom is 0.143 e. The Bertz CT molecular complexity index is 2880. The lowest BCUT2D eigenvalue weighted by atomic mass is 9.78. The molecular formula is C50H36O. The first-order chi connectivity index (χ1) is 25.0. The van der Waals surface area contributed by atoms with Gasteiger partial charge in [0, 0.05) is 21.9 Å². The number of furan rings is 1. The molecular weight excluding hydrogens is 617 g/mol. The van der Waals surface area contributed by atoms with Crippen LogP contribution in [0.15, 0.2) is 168 Å². The van der Waals surface area contributed by atoms with E-state index in [1.54, 1.807) is 0 Å². The standard InChI is InChI=1S/C50H36O/c1-50(2,3)48-38-25-13-11-23-36(38)46(37-24-12-14-26-39(37)48)41-28-15-29-42-47-40(27-16-30-43(47)51-49(41)42)45-34-21-9-7-19-32(34)44(31-17-5-4-6-18-31)33-20-8-10-22-35(33)45/h4-30H,1-3H3. The van der Waals surface area contributed by atoms with E-state index in [1.165, 1.54) is 76.5 Å². The number of rotatable bonds is 3. The molecule has 0 aliphatic carbocycles. The van der Waals surface area contributed by atoms with Crippen molar-refractivity contribution in [2.24, 2.45) is 0 Å². The molecule has 0 aliphatic rings. The minimum Gasteiger partial charge on any atom is -0.455 e. The molecule has 0 bridgehead atoms. The topological polar surface area (TPSA) is 13.1 Å². The highest BCUT2D eigenvalue weighted by atomic mass is 16.3. The van der Waals surface area contributed by atoms with Crippen LogP contribution in [-0.4, -0.2) is 0 Å². The third-order valence-corrected chi connectivity index (χ3v) is 10.7. The van der Waals surface area contributed by atoms with Crippen LogP contribution >= 0.6 is 0 Å². The van der Waals surface area contributed by atoms with Crippen LogP contribution in [-0.2, 0) is 5.41 Å². The van der Waals surface area contributed by atoms with Gasteiger partial charge in [0.05, 0.1) is 0 Å². The van der Waals surface area contributed by atoms with E-state index in [2.05, 4.69) is 185 Å². The quantitative estimate of drug-likeness (QED) is 0.173. The molecule has 0 atom stereocenters. The molecule has 1 aromatic heterocycles. The number of hydrogen-bond donors (Lipinski definition) is 0. The summed E-state index contributed by atoms with van der Waals surface area (Å²) in [5, 5.41) is 12.4. The molecule has 1 heterocycles. The van der Waals surface area contributed by atoms with Gasteiger partial charge >= 0.3 is 0 Å². The average Bonchev–Trinajstić information content (AvgIpc) is 3.55. The van der Waals surface area contributed by atoms with Crippen molar-refractivity contribution in [2.45, 2.75) is 26.2 Å². The summed E-state index contributed by atoms with van der Waals surface area (Å²) in [6.07, 6.45) is 0. The summed E-state index contributed by atoms with van der Waals surface area (Å²) in [7, 11) is 0. The molecule has 0 saturated carbocycles. The van der Waals surface area contributed by atoms with Gasteiger partial charge in [0.2, 0.25) is 0 Å². The highest BCUT2D eigenvalue weighted by Crippen LogP contribution is 2.50. The van der Waals surface area contributed by atoms with Gasteiger partial charge in [-0.2, -0.15) is 0 Å². The minimum atomic E-state index is -0.0282. The van der Waals surface area contributed by atoms with E-state index in [-0.39, 0.29) is 5.41 Å². The van der Waals surface area contributed by atoms with Gasteiger partial charge < -0.3 is 4.42 Å². The second kappa shape index (κ2) is 11.2. The molecule has 0 spiro atoms.